The van der Waals surface area contributed by atoms with Gasteiger partial charge < -0.3 is 20.3 Å². The molecule has 1 saturated heterocycles. The van der Waals surface area contributed by atoms with Crippen molar-refractivity contribution in [2.75, 3.05) is 37.7 Å². The Morgan fingerprint density at radius 2 is 1.73 bits per heavy atom. The van der Waals surface area contributed by atoms with Gasteiger partial charge in [0, 0.05) is 37.4 Å². The third-order valence-corrected chi connectivity index (χ3v) is 4.76. The average molecular weight is 468 g/mol. The van der Waals surface area contributed by atoms with Gasteiger partial charge in [-0.15, -0.1) is 24.0 Å². The zero-order valence-electron chi connectivity index (χ0n) is 14.3. The van der Waals surface area contributed by atoms with Gasteiger partial charge in [0.05, 0.1) is 0 Å². The van der Waals surface area contributed by atoms with Gasteiger partial charge in [-0.25, -0.2) is 9.38 Å². The summed E-state index contributed by atoms with van der Waals surface area (Å²) < 4.78 is 18.7. The molecule has 0 aliphatic carbocycles. The van der Waals surface area contributed by atoms with Crippen molar-refractivity contribution >= 4 is 35.6 Å². The van der Waals surface area contributed by atoms with Crippen molar-refractivity contribution in [1.82, 2.24) is 4.90 Å². The van der Waals surface area contributed by atoms with E-state index in [2.05, 4.69) is 14.8 Å². The highest BCUT2D eigenvalue weighted by atomic mass is 127. The Balaban J connectivity index is 0.00000196. The van der Waals surface area contributed by atoms with Gasteiger partial charge in [0.15, 0.2) is 5.96 Å². The van der Waals surface area contributed by atoms with E-state index < -0.39 is 0 Å². The molecule has 1 atom stereocenters. The van der Waals surface area contributed by atoms with Crippen LogP contribution in [0.5, 0.6) is 5.75 Å². The molecular formula is C19H22FIN4O. The molecule has 4 rings (SSSR count). The molecule has 2 aromatic rings. The molecule has 2 aliphatic rings. The Kier molecular flexibility index (Phi) is 5.85. The van der Waals surface area contributed by atoms with Crippen LogP contribution in [0.25, 0.3) is 0 Å². The minimum atomic E-state index is -0.210. The number of rotatable bonds is 2. The van der Waals surface area contributed by atoms with E-state index in [0.717, 1.165) is 43.2 Å². The second kappa shape index (κ2) is 8.11. The highest BCUT2D eigenvalue weighted by molar-refractivity contribution is 14.0. The van der Waals surface area contributed by atoms with E-state index in [4.69, 9.17) is 10.5 Å². The first kappa shape index (κ1) is 18.8. The number of anilines is 1. The summed E-state index contributed by atoms with van der Waals surface area (Å²) in [6, 6.07) is 14.5. The molecule has 0 radical (unpaired) electrons. The SMILES string of the molecule is I.NC(=NC1COc2ccccc21)N1CCN(c2ccc(F)cc2)CC1. The second-order valence-corrected chi connectivity index (χ2v) is 6.30. The van der Waals surface area contributed by atoms with Gasteiger partial charge in [0.1, 0.15) is 24.2 Å². The van der Waals surface area contributed by atoms with Crippen LogP contribution in [0.3, 0.4) is 0 Å². The van der Waals surface area contributed by atoms with Gasteiger partial charge in [-0.05, 0) is 30.3 Å². The van der Waals surface area contributed by atoms with Crippen molar-refractivity contribution in [1.29, 1.82) is 0 Å². The minimum Gasteiger partial charge on any atom is -0.491 e. The Morgan fingerprint density at radius 1 is 1.04 bits per heavy atom. The quantitative estimate of drug-likeness (QED) is 0.419. The standard InChI is InChI=1S/C19H21FN4O.HI/c20-14-5-7-15(8-6-14)23-9-11-24(12-10-23)19(21)22-17-13-25-18-4-2-1-3-16(17)18;/h1-8,17H,9-13H2,(H2,21,22);1H. The number of nitrogens with zero attached hydrogens (tertiary/aromatic N) is 3. The van der Waals surface area contributed by atoms with E-state index in [9.17, 15) is 4.39 Å². The summed E-state index contributed by atoms with van der Waals surface area (Å²) in [6.45, 7) is 3.79. The van der Waals surface area contributed by atoms with Crippen molar-refractivity contribution in [2.24, 2.45) is 10.7 Å². The lowest BCUT2D eigenvalue weighted by Crippen LogP contribution is -2.51. The van der Waals surface area contributed by atoms with Crippen LogP contribution >= 0.6 is 24.0 Å². The fraction of sp³-hybridized carbons (Fsp3) is 0.316. The van der Waals surface area contributed by atoms with Crippen LogP contribution < -0.4 is 15.4 Å². The molecular weight excluding hydrogens is 446 g/mol. The summed E-state index contributed by atoms with van der Waals surface area (Å²) in [4.78, 5) is 9.01. The topological polar surface area (TPSA) is 54.1 Å². The number of hydrogen-bond donors (Lipinski definition) is 1. The van der Waals surface area contributed by atoms with Gasteiger partial charge >= 0.3 is 0 Å². The predicted octanol–water partition coefficient (Wildman–Crippen LogP) is 3.01. The Bertz CT molecular complexity index is 775. The molecule has 26 heavy (non-hydrogen) atoms. The number of aliphatic imine (C=N–C) groups is 1. The molecule has 2 aliphatic heterocycles. The molecule has 7 heteroatoms. The lowest BCUT2D eigenvalue weighted by atomic mass is 10.1. The van der Waals surface area contributed by atoms with Crippen molar-refractivity contribution in [3.8, 4) is 5.75 Å². The second-order valence-electron chi connectivity index (χ2n) is 6.30. The number of halogens is 2. The fourth-order valence-corrected chi connectivity index (χ4v) is 3.34. The average Bonchev–Trinajstić information content (AvgIpc) is 3.06. The summed E-state index contributed by atoms with van der Waals surface area (Å²) in [5.41, 5.74) is 8.37. The number of ether oxygens (including phenoxy) is 1. The smallest absolute Gasteiger partial charge is 0.192 e. The number of hydrogen-bond acceptors (Lipinski definition) is 3. The van der Waals surface area contributed by atoms with E-state index in [-0.39, 0.29) is 35.8 Å². The number of para-hydroxylation sites is 1. The first-order chi connectivity index (χ1) is 12.2. The van der Waals surface area contributed by atoms with E-state index in [1.54, 1.807) is 0 Å². The summed E-state index contributed by atoms with van der Waals surface area (Å²) in [5, 5.41) is 0. The molecule has 2 heterocycles. The van der Waals surface area contributed by atoms with E-state index in [1.807, 2.05) is 36.4 Å². The van der Waals surface area contributed by atoms with Crippen molar-refractivity contribution < 1.29 is 9.13 Å². The fourth-order valence-electron chi connectivity index (χ4n) is 3.34. The number of benzene rings is 2. The predicted molar refractivity (Wildman–Crippen MR) is 112 cm³/mol. The number of piperazine rings is 1. The van der Waals surface area contributed by atoms with Gasteiger partial charge in [-0.2, -0.15) is 0 Å². The Morgan fingerprint density at radius 3 is 2.46 bits per heavy atom. The lowest BCUT2D eigenvalue weighted by molar-refractivity contribution is 0.329. The molecule has 1 fully saturated rings. The number of guanidine groups is 1. The molecule has 2 N–H and O–H groups in total. The largest absolute Gasteiger partial charge is 0.491 e. The van der Waals surface area contributed by atoms with Crippen LogP contribution in [0.15, 0.2) is 53.5 Å². The van der Waals surface area contributed by atoms with Crippen LogP contribution in [0, 0.1) is 5.82 Å². The van der Waals surface area contributed by atoms with Gasteiger partial charge in [0.25, 0.3) is 0 Å². The molecule has 1 unspecified atom stereocenters. The maximum atomic E-state index is 13.1. The highest BCUT2D eigenvalue weighted by Crippen LogP contribution is 2.34. The Hall–Kier alpha value is -2.03. The summed E-state index contributed by atoms with van der Waals surface area (Å²) >= 11 is 0. The first-order valence-electron chi connectivity index (χ1n) is 8.51. The van der Waals surface area contributed by atoms with Crippen LogP contribution in [-0.4, -0.2) is 43.6 Å². The molecule has 0 bridgehead atoms. The zero-order valence-corrected chi connectivity index (χ0v) is 16.7. The number of nitrogens with two attached hydrogens (primary N) is 1. The van der Waals surface area contributed by atoms with Crippen LogP contribution in [0.2, 0.25) is 0 Å². The van der Waals surface area contributed by atoms with Crippen LogP contribution in [0.4, 0.5) is 10.1 Å². The molecule has 2 aromatic carbocycles. The summed E-state index contributed by atoms with van der Waals surface area (Å²) in [7, 11) is 0. The highest BCUT2D eigenvalue weighted by Gasteiger charge is 2.25. The van der Waals surface area contributed by atoms with Gasteiger partial charge in [-0.3, -0.25) is 0 Å². The lowest BCUT2D eigenvalue weighted by Gasteiger charge is -2.36. The van der Waals surface area contributed by atoms with Gasteiger partial charge in [0.2, 0.25) is 0 Å². The monoisotopic (exact) mass is 468 g/mol. The van der Waals surface area contributed by atoms with Crippen molar-refractivity contribution in [3.63, 3.8) is 0 Å². The maximum Gasteiger partial charge on any atom is 0.192 e. The molecule has 138 valence electrons. The third kappa shape index (κ3) is 3.87. The van der Waals surface area contributed by atoms with E-state index >= 15 is 0 Å². The molecule has 5 nitrogen and oxygen atoms in total. The van der Waals surface area contributed by atoms with Crippen LogP contribution in [0.1, 0.15) is 11.6 Å². The molecule has 0 saturated carbocycles. The van der Waals surface area contributed by atoms with E-state index in [1.165, 1.54) is 12.1 Å². The van der Waals surface area contributed by atoms with Crippen molar-refractivity contribution in [3.05, 3.63) is 59.9 Å². The van der Waals surface area contributed by atoms with E-state index in [0.29, 0.717) is 12.6 Å². The van der Waals surface area contributed by atoms with Crippen LogP contribution in [-0.2, 0) is 0 Å². The van der Waals surface area contributed by atoms with Crippen molar-refractivity contribution in [2.45, 2.75) is 6.04 Å². The summed E-state index contributed by atoms with van der Waals surface area (Å²) in [5.74, 6) is 1.24. The Labute approximate surface area is 169 Å². The minimum absolute atomic E-state index is 0. The molecule has 0 amide bonds. The molecule has 0 aromatic heterocycles. The maximum absolute atomic E-state index is 13.1. The number of fused-ring (bicyclic) bond motifs is 1. The normalized spacial score (nSPS) is 19.6. The summed E-state index contributed by atoms with van der Waals surface area (Å²) in [6.07, 6.45) is 0. The third-order valence-electron chi connectivity index (χ3n) is 4.76. The molecule has 0 spiro atoms. The zero-order chi connectivity index (χ0) is 17.2. The van der Waals surface area contributed by atoms with Gasteiger partial charge in [-0.1, -0.05) is 18.2 Å². The first-order valence-corrected chi connectivity index (χ1v) is 8.51.